The first-order valence-corrected chi connectivity index (χ1v) is 9.00. The molecule has 1 saturated heterocycles. The van der Waals surface area contributed by atoms with Crippen molar-refractivity contribution in [2.75, 3.05) is 13.1 Å². The van der Waals surface area contributed by atoms with Crippen LogP contribution >= 0.6 is 11.6 Å². The number of carbonyl (C=O) groups excluding carboxylic acids is 1. The largest absolute Gasteiger partial charge is 0.340 e. The zero-order valence-corrected chi connectivity index (χ0v) is 15.2. The number of carbonyl (C=O) groups is 1. The van der Waals surface area contributed by atoms with Crippen LogP contribution in [-0.2, 0) is 7.05 Å². The van der Waals surface area contributed by atoms with Gasteiger partial charge in [0.05, 0.1) is 12.0 Å². The molecule has 1 atom stereocenters. The summed E-state index contributed by atoms with van der Waals surface area (Å²) in [7, 11) is 1.88. The molecule has 0 saturated carbocycles. The third kappa shape index (κ3) is 2.90. The number of benzene rings is 1. The molecule has 0 radical (unpaired) electrons. The summed E-state index contributed by atoms with van der Waals surface area (Å²) in [4.78, 5) is 33.3. The van der Waals surface area contributed by atoms with Gasteiger partial charge in [-0.2, -0.15) is 0 Å². The van der Waals surface area contributed by atoms with E-state index in [4.69, 9.17) is 11.6 Å². The van der Waals surface area contributed by atoms with Crippen LogP contribution in [0.25, 0.3) is 10.9 Å². The van der Waals surface area contributed by atoms with Crippen molar-refractivity contribution in [3.8, 4) is 0 Å². The minimum absolute atomic E-state index is 0.0192. The van der Waals surface area contributed by atoms with Gasteiger partial charge in [0, 0.05) is 48.0 Å². The van der Waals surface area contributed by atoms with Crippen LogP contribution in [0.5, 0.6) is 0 Å². The Labute approximate surface area is 155 Å². The SMILES string of the molecule is Cn1c(C(=O)N2CCC[C@H](c3cc(=O)[nH]cn3)C2)cc2c(Cl)cccc21. The number of amides is 1. The van der Waals surface area contributed by atoms with Crippen molar-refractivity contribution < 1.29 is 4.79 Å². The minimum atomic E-state index is -0.165. The van der Waals surface area contributed by atoms with E-state index < -0.39 is 0 Å². The molecule has 3 heterocycles. The Morgan fingerprint density at radius 3 is 2.96 bits per heavy atom. The maximum Gasteiger partial charge on any atom is 0.270 e. The molecule has 4 rings (SSSR count). The van der Waals surface area contributed by atoms with Gasteiger partial charge in [-0.1, -0.05) is 17.7 Å². The number of hydrogen-bond donors (Lipinski definition) is 1. The number of H-pyrrole nitrogens is 1. The minimum Gasteiger partial charge on any atom is -0.340 e. The van der Waals surface area contributed by atoms with Gasteiger partial charge in [-0.3, -0.25) is 9.59 Å². The average Bonchev–Trinajstić information content (AvgIpc) is 2.99. The van der Waals surface area contributed by atoms with Crippen molar-refractivity contribution in [2.24, 2.45) is 7.05 Å². The van der Waals surface area contributed by atoms with Gasteiger partial charge in [-0.25, -0.2) is 4.98 Å². The molecule has 0 bridgehead atoms. The highest BCUT2D eigenvalue weighted by molar-refractivity contribution is 6.35. The second-order valence-electron chi connectivity index (χ2n) is 6.69. The van der Waals surface area contributed by atoms with Gasteiger partial charge in [-0.05, 0) is 31.0 Å². The molecule has 1 fully saturated rings. The Morgan fingerprint density at radius 2 is 2.19 bits per heavy atom. The highest BCUT2D eigenvalue weighted by Gasteiger charge is 2.28. The van der Waals surface area contributed by atoms with Gasteiger partial charge in [0.15, 0.2) is 0 Å². The van der Waals surface area contributed by atoms with Gasteiger partial charge in [-0.15, -0.1) is 0 Å². The van der Waals surface area contributed by atoms with Crippen LogP contribution in [0.3, 0.4) is 0 Å². The molecule has 3 aromatic rings. The molecule has 0 spiro atoms. The van der Waals surface area contributed by atoms with Crippen LogP contribution in [0.4, 0.5) is 0 Å². The summed E-state index contributed by atoms with van der Waals surface area (Å²) in [5.41, 5.74) is 2.13. The van der Waals surface area contributed by atoms with E-state index in [2.05, 4.69) is 9.97 Å². The lowest BCUT2D eigenvalue weighted by Gasteiger charge is -2.32. The third-order valence-electron chi connectivity index (χ3n) is 5.08. The molecule has 0 aliphatic carbocycles. The first-order chi connectivity index (χ1) is 12.5. The molecule has 1 N–H and O–H groups in total. The van der Waals surface area contributed by atoms with Crippen LogP contribution < -0.4 is 5.56 Å². The first kappa shape index (κ1) is 16.8. The van der Waals surface area contributed by atoms with Crippen molar-refractivity contribution in [3.05, 3.63) is 63.4 Å². The quantitative estimate of drug-likeness (QED) is 0.754. The van der Waals surface area contributed by atoms with E-state index in [-0.39, 0.29) is 17.4 Å². The van der Waals surface area contributed by atoms with E-state index in [1.165, 1.54) is 12.4 Å². The molecule has 0 unspecified atom stereocenters. The van der Waals surface area contributed by atoms with Crippen LogP contribution in [0.15, 0.2) is 41.5 Å². The number of nitrogens with zero attached hydrogens (tertiary/aromatic N) is 3. The number of aryl methyl sites for hydroxylation is 1. The smallest absolute Gasteiger partial charge is 0.270 e. The Balaban J connectivity index is 1.63. The molecule has 2 aromatic heterocycles. The van der Waals surface area contributed by atoms with Crippen molar-refractivity contribution >= 4 is 28.4 Å². The fraction of sp³-hybridized carbons (Fsp3) is 0.316. The molecule has 1 aromatic carbocycles. The van der Waals surface area contributed by atoms with Crippen molar-refractivity contribution in [1.82, 2.24) is 19.4 Å². The van der Waals surface area contributed by atoms with Crippen molar-refractivity contribution in [3.63, 3.8) is 0 Å². The molecule has 6 nitrogen and oxygen atoms in total. The van der Waals surface area contributed by atoms with E-state index in [9.17, 15) is 9.59 Å². The van der Waals surface area contributed by atoms with Gasteiger partial charge in [0.25, 0.3) is 11.5 Å². The predicted octanol–water partition coefficient (Wildman–Crippen LogP) is 2.93. The summed E-state index contributed by atoms with van der Waals surface area (Å²) < 4.78 is 1.89. The van der Waals surface area contributed by atoms with Crippen LogP contribution in [0.1, 0.15) is 34.9 Å². The fourth-order valence-corrected chi connectivity index (χ4v) is 3.93. The van der Waals surface area contributed by atoms with E-state index >= 15 is 0 Å². The molecule has 1 aliphatic rings. The molecule has 1 aliphatic heterocycles. The fourth-order valence-electron chi connectivity index (χ4n) is 3.70. The van der Waals surface area contributed by atoms with Gasteiger partial charge in [0.1, 0.15) is 5.69 Å². The van der Waals surface area contributed by atoms with Crippen molar-refractivity contribution in [1.29, 1.82) is 0 Å². The molecule has 134 valence electrons. The Bertz CT molecular complexity index is 1040. The second-order valence-corrected chi connectivity index (χ2v) is 7.09. The summed E-state index contributed by atoms with van der Waals surface area (Å²) in [6.07, 6.45) is 3.22. The number of fused-ring (bicyclic) bond motifs is 1. The van der Waals surface area contributed by atoms with E-state index in [1.54, 1.807) is 0 Å². The number of likely N-dealkylation sites (tertiary alicyclic amines) is 1. The summed E-state index contributed by atoms with van der Waals surface area (Å²) in [5.74, 6) is 0.0579. The molecule has 1 amide bonds. The zero-order valence-electron chi connectivity index (χ0n) is 14.4. The number of halogens is 1. The Kier molecular flexibility index (Phi) is 4.28. The number of hydrogen-bond acceptors (Lipinski definition) is 3. The number of piperidine rings is 1. The third-order valence-corrected chi connectivity index (χ3v) is 5.41. The van der Waals surface area contributed by atoms with Crippen LogP contribution in [0.2, 0.25) is 5.02 Å². The summed E-state index contributed by atoms with van der Waals surface area (Å²) in [6.45, 7) is 1.26. The van der Waals surface area contributed by atoms with E-state index in [0.29, 0.717) is 23.8 Å². The lowest BCUT2D eigenvalue weighted by Crippen LogP contribution is -2.40. The number of rotatable bonds is 2. The van der Waals surface area contributed by atoms with Crippen molar-refractivity contribution in [2.45, 2.75) is 18.8 Å². The summed E-state index contributed by atoms with van der Waals surface area (Å²) in [5, 5.41) is 1.52. The Morgan fingerprint density at radius 1 is 1.35 bits per heavy atom. The standard InChI is InChI=1S/C19H19ClN4O2/c1-23-16-6-2-5-14(20)13(16)8-17(23)19(26)24-7-3-4-12(10-24)15-9-18(25)22-11-21-15/h2,5-6,8-9,11-12H,3-4,7,10H2,1H3,(H,21,22,25)/t12-/m0/s1. The number of aromatic nitrogens is 3. The predicted molar refractivity (Wildman–Crippen MR) is 101 cm³/mol. The highest BCUT2D eigenvalue weighted by atomic mass is 35.5. The van der Waals surface area contributed by atoms with Crippen LogP contribution in [0, 0.1) is 0 Å². The maximum absolute atomic E-state index is 13.1. The summed E-state index contributed by atoms with van der Waals surface area (Å²) >= 11 is 6.27. The average molecular weight is 371 g/mol. The number of nitrogens with one attached hydrogen (secondary N) is 1. The molecule has 26 heavy (non-hydrogen) atoms. The number of aromatic amines is 1. The zero-order chi connectivity index (χ0) is 18.3. The normalized spacial score (nSPS) is 17.6. The molecule has 7 heteroatoms. The molecular formula is C19H19ClN4O2. The highest BCUT2D eigenvalue weighted by Crippen LogP contribution is 2.29. The second kappa shape index (κ2) is 6.61. The monoisotopic (exact) mass is 370 g/mol. The van der Waals surface area contributed by atoms with Gasteiger partial charge >= 0.3 is 0 Å². The summed E-state index contributed by atoms with van der Waals surface area (Å²) in [6, 6.07) is 9.05. The van der Waals surface area contributed by atoms with Gasteiger partial charge in [0.2, 0.25) is 0 Å². The van der Waals surface area contributed by atoms with E-state index in [0.717, 1.165) is 29.4 Å². The van der Waals surface area contributed by atoms with E-state index in [1.807, 2.05) is 40.8 Å². The van der Waals surface area contributed by atoms with Gasteiger partial charge < -0.3 is 14.5 Å². The molecular weight excluding hydrogens is 352 g/mol. The maximum atomic E-state index is 13.1. The van der Waals surface area contributed by atoms with Crippen LogP contribution in [-0.4, -0.2) is 38.4 Å². The Hall–Kier alpha value is -2.60. The lowest BCUT2D eigenvalue weighted by atomic mass is 9.94. The lowest BCUT2D eigenvalue weighted by molar-refractivity contribution is 0.0696. The topological polar surface area (TPSA) is 71.0 Å². The first-order valence-electron chi connectivity index (χ1n) is 8.62.